The first-order valence-electron chi connectivity index (χ1n) is 31.1. The lowest BCUT2D eigenvalue weighted by Crippen LogP contribution is -2.46. The molecule has 0 radical (unpaired) electrons. The number of nitrogens with zero attached hydrogens (tertiary/aromatic N) is 3. The lowest BCUT2D eigenvalue weighted by Gasteiger charge is -2.31. The number of rotatable bonds is 26. The molecule has 0 saturated carbocycles. The molecular formula is C58H84N13O27P3. The second-order valence-corrected chi connectivity index (χ2v) is 30.0. The summed E-state index contributed by atoms with van der Waals surface area (Å²) in [6.45, 7) is 7.07. The summed E-state index contributed by atoms with van der Waals surface area (Å²) in [6.07, 6.45) is -3.81. The predicted octanol–water partition coefficient (Wildman–Crippen LogP) is -6.05. The number of aromatic nitrogens is 6. The van der Waals surface area contributed by atoms with Gasteiger partial charge in [0, 0.05) is 59.9 Å². The van der Waals surface area contributed by atoms with Crippen LogP contribution >= 0.6 is 22.8 Å². The Morgan fingerprint density at radius 2 is 0.891 bits per heavy atom. The molecule has 6 saturated heterocycles. The van der Waals surface area contributed by atoms with E-state index in [-0.39, 0.29) is 94.3 Å². The van der Waals surface area contributed by atoms with Gasteiger partial charge in [0.25, 0.3) is 16.7 Å². The molecule has 0 aliphatic carbocycles. The number of carbonyl (C=O) groups is 3. The van der Waals surface area contributed by atoms with Crippen molar-refractivity contribution in [3.05, 3.63) is 97.8 Å². The van der Waals surface area contributed by atoms with Gasteiger partial charge in [-0.1, -0.05) is 49.4 Å². The predicted molar refractivity (Wildman–Crippen MR) is 352 cm³/mol. The number of hydrogen-bond donors (Lipinski definition) is 13. The highest BCUT2D eigenvalue weighted by Crippen LogP contribution is 2.55. The second-order valence-electron chi connectivity index (χ2n) is 24.6. The fourth-order valence-electron chi connectivity index (χ4n) is 11.5. The smallest absolute Gasteiger partial charge is 0.330 e. The topological polar surface area (TPSA) is 579 Å². The average molecular weight is 1490 g/mol. The van der Waals surface area contributed by atoms with Crippen LogP contribution in [0.25, 0.3) is 0 Å². The van der Waals surface area contributed by atoms with E-state index in [9.17, 15) is 71.5 Å². The van der Waals surface area contributed by atoms with Crippen molar-refractivity contribution in [3.63, 3.8) is 0 Å². The van der Waals surface area contributed by atoms with Crippen LogP contribution in [0, 0.1) is 41.4 Å². The average Bonchev–Trinajstić information content (AvgIpc) is 1.59. The number of aromatic amines is 3. The summed E-state index contributed by atoms with van der Waals surface area (Å²) < 4.78 is 106. The molecule has 43 heteroatoms. The zero-order valence-electron chi connectivity index (χ0n) is 56.2. The van der Waals surface area contributed by atoms with E-state index < -0.39 is 153 Å². The zero-order valence-corrected chi connectivity index (χ0v) is 58.9. The molecule has 0 spiro atoms. The van der Waals surface area contributed by atoms with Gasteiger partial charge in [-0.15, -0.1) is 0 Å². The van der Waals surface area contributed by atoms with Crippen molar-refractivity contribution in [1.29, 1.82) is 0 Å². The van der Waals surface area contributed by atoms with Gasteiger partial charge >= 0.3 is 39.9 Å². The van der Waals surface area contributed by atoms with Crippen LogP contribution in [0.5, 0.6) is 0 Å². The van der Waals surface area contributed by atoms with Crippen molar-refractivity contribution < 1.29 is 99.0 Å². The molecule has 6 aliphatic heterocycles. The van der Waals surface area contributed by atoms with Crippen LogP contribution < -0.4 is 72.6 Å². The standard InChI is InChI=1S/C21H31N4O9P.C20H30N5O9P.C17H23N4O9P/c1-12(2)8-14(22)18(27)23-7-5-6-13-9-25(20(28)24-17(13)26)19-15-16(34-35(4,29)30)21(33-19,10-31-3)11-32-15;1-31-10-20-11-32-14(15(20)34-35(2,29)30)18(33-20)25-9-12(16(26)24-19(25)28)5-4-8-23-17(27)13(22)6-3-7-21;1-27-8-17-9-28-12(13(17)30-31(2,25)26)15(29-17)21-7-10(14(23)20-16(21)24)4-3-5-19-11(22)6-18/h9,12,14-16,19H,7-8,10-11,22H2,1-4H3,(H,23,27)(H,29,30)(H,24,26,28);9,13-15,18H,3,6-8,10-11,21-22H2,1-2H3,(H,23,27)(H,29,30)(H,24,26,28);7,12-13,15H,5-6,8-9,18H2,1-2H3,(H,19,22)(H,25,26)(H,20,23,24)/t14-,15-,16?,19+,21-;13-,14-,15?,18+,20-;12-,13?,15+,17-/m000/s1. The molecule has 9 heterocycles. The van der Waals surface area contributed by atoms with Crippen LogP contribution in [0.1, 0.15) is 68.5 Å². The molecule has 17 N–H and O–H groups in total. The summed E-state index contributed by atoms with van der Waals surface area (Å²) >= 11 is 0. The number of fused-ring (bicyclic) bond motifs is 6. The number of H-pyrrole nitrogens is 3. The van der Waals surface area contributed by atoms with Gasteiger partial charge in [0.15, 0.2) is 18.7 Å². The zero-order chi connectivity index (χ0) is 74.6. The Bertz CT molecular complexity index is 4220. The van der Waals surface area contributed by atoms with Crippen molar-refractivity contribution in [2.45, 2.75) is 117 Å². The number of carbonyl (C=O) groups excluding carboxylic acids is 3. The molecule has 3 amide bonds. The van der Waals surface area contributed by atoms with Crippen molar-refractivity contribution in [1.82, 2.24) is 44.6 Å². The fourth-order valence-corrected chi connectivity index (χ4v) is 13.7. The Kier molecular flexibility index (Phi) is 27.8. The van der Waals surface area contributed by atoms with E-state index in [1.165, 1.54) is 39.9 Å². The molecule has 9 rings (SSSR count). The van der Waals surface area contributed by atoms with Crippen LogP contribution in [-0.2, 0) is 84.3 Å². The Morgan fingerprint density at radius 3 is 1.18 bits per heavy atom. The highest BCUT2D eigenvalue weighted by atomic mass is 31.2. The molecule has 3 aromatic heterocycles. The quantitative estimate of drug-likeness (QED) is 0.0263. The molecule has 3 aromatic rings. The van der Waals surface area contributed by atoms with Crippen LogP contribution in [0.2, 0.25) is 0 Å². The lowest BCUT2D eigenvalue weighted by molar-refractivity contribution is -0.190. The minimum atomic E-state index is -3.94. The van der Waals surface area contributed by atoms with E-state index in [4.69, 9.17) is 79.1 Å². The second kappa shape index (κ2) is 34.6. The maximum atomic E-state index is 12.6. The fraction of sp³-hybridized carbons (Fsp3) is 0.638. The van der Waals surface area contributed by atoms with Crippen LogP contribution in [-0.4, -0.2) is 240 Å². The molecule has 17 atom stereocenters. The molecule has 40 nitrogen and oxygen atoms in total. The number of nitrogens with one attached hydrogen (secondary N) is 6. The third-order valence-corrected chi connectivity index (χ3v) is 17.6. The number of ether oxygens (including phenoxy) is 9. The Balaban J connectivity index is 0.000000213. The minimum Gasteiger partial charge on any atom is -0.381 e. The van der Waals surface area contributed by atoms with Gasteiger partial charge in [-0.2, -0.15) is 0 Å². The Hall–Kier alpha value is -6.94. The molecule has 6 fully saturated rings. The summed E-state index contributed by atoms with van der Waals surface area (Å²) in [5, 5.41) is 7.56. The van der Waals surface area contributed by atoms with E-state index in [1.54, 1.807) is 0 Å². The van der Waals surface area contributed by atoms with Gasteiger partial charge in [-0.3, -0.25) is 84.7 Å². The highest BCUT2D eigenvalue weighted by Gasteiger charge is 2.67. The summed E-state index contributed by atoms with van der Waals surface area (Å²) in [5.74, 6) is 14.8. The van der Waals surface area contributed by atoms with Gasteiger partial charge in [0.05, 0.1) is 77.9 Å². The van der Waals surface area contributed by atoms with E-state index in [0.29, 0.717) is 25.8 Å². The van der Waals surface area contributed by atoms with Crippen molar-refractivity contribution >= 4 is 40.5 Å². The van der Waals surface area contributed by atoms with E-state index in [0.717, 1.165) is 33.7 Å². The summed E-state index contributed by atoms with van der Waals surface area (Å²) in [4.78, 5) is 145. The van der Waals surface area contributed by atoms with Crippen molar-refractivity contribution in [3.8, 4) is 35.5 Å². The SMILES string of the molecule is COC[C@]12CO[C@@H](C1OP(C)(=O)O)[C@H](n1cc(C#CCNC(=O)CN)c(=O)[nH]c1=O)O2.COC[C@]12CO[C@@H](C1OP(C)(=O)O)[C@H](n1cc(C#CCNC(=O)[C@@H](N)CC(C)C)c(=O)[nH]c1=O)O2.COC[C@]12CO[C@@H](C1OP(C)(=O)O)[C@H](n1cc(C#CCNC(=O)[C@@H](N)CCCN)c(=O)[nH]c1=O)O2. The van der Waals surface area contributed by atoms with Crippen LogP contribution in [0.4, 0.5) is 0 Å². The molecule has 0 aromatic carbocycles. The van der Waals surface area contributed by atoms with E-state index >= 15 is 0 Å². The first-order chi connectivity index (χ1) is 47.5. The maximum absolute atomic E-state index is 12.6. The van der Waals surface area contributed by atoms with E-state index in [2.05, 4.69) is 66.4 Å². The summed E-state index contributed by atoms with van der Waals surface area (Å²) in [5.41, 5.74) is 13.7. The molecule has 6 unspecified atom stereocenters. The van der Waals surface area contributed by atoms with Crippen LogP contribution in [0.3, 0.4) is 0 Å². The van der Waals surface area contributed by atoms with E-state index in [1.807, 2.05) is 13.8 Å². The van der Waals surface area contributed by atoms with Crippen molar-refractivity contribution in [2.75, 3.05) is 114 Å². The molecule has 6 bridgehead atoms. The van der Waals surface area contributed by atoms with Gasteiger partial charge < -0.3 is 96.2 Å². The lowest BCUT2D eigenvalue weighted by atomic mass is 10.0. The van der Waals surface area contributed by atoms with Gasteiger partial charge in [0.1, 0.15) is 70.1 Å². The monoisotopic (exact) mass is 1490 g/mol. The number of hydrogen-bond acceptors (Lipinski definition) is 28. The number of methoxy groups -OCH3 is 3. The first-order valence-corrected chi connectivity index (χ1v) is 37.1. The van der Waals surface area contributed by atoms with Gasteiger partial charge in [-0.25, -0.2) is 14.4 Å². The van der Waals surface area contributed by atoms with Crippen molar-refractivity contribution in [2.24, 2.45) is 28.9 Å². The summed E-state index contributed by atoms with van der Waals surface area (Å²) in [6, 6.07) is -1.38. The Labute approximate surface area is 575 Å². The number of amides is 3. The van der Waals surface area contributed by atoms with Gasteiger partial charge in [-0.05, 0) is 31.7 Å². The third-order valence-electron chi connectivity index (χ3n) is 15.8. The summed E-state index contributed by atoms with van der Waals surface area (Å²) in [7, 11) is -7.52. The molecular weight excluding hydrogens is 1400 g/mol. The van der Waals surface area contributed by atoms with Gasteiger partial charge in [0.2, 0.25) is 17.7 Å². The molecule has 101 heavy (non-hydrogen) atoms. The normalized spacial score (nSPS) is 28.0. The third kappa shape index (κ3) is 20.5. The Morgan fingerprint density at radius 1 is 0.574 bits per heavy atom. The first kappa shape index (κ1) is 81.4. The number of nitrogens with two attached hydrogens (primary N) is 4. The molecule has 558 valence electrons. The maximum Gasteiger partial charge on any atom is 0.330 e. The minimum absolute atomic E-state index is 0.0176. The largest absolute Gasteiger partial charge is 0.381 e. The van der Waals surface area contributed by atoms with Crippen LogP contribution in [0.15, 0.2) is 47.4 Å². The molecule has 6 aliphatic rings. The highest BCUT2D eigenvalue weighted by molar-refractivity contribution is 7.52.